The molecule has 0 N–H and O–H groups in total. The molecule has 0 fully saturated rings. The number of thiophene rings is 1. The predicted molar refractivity (Wildman–Crippen MR) is 234 cm³/mol. The van der Waals surface area contributed by atoms with Crippen LogP contribution in [0, 0.1) is 0 Å². The first-order chi connectivity index (χ1) is 27.8. The van der Waals surface area contributed by atoms with E-state index in [9.17, 15) is 0 Å². The van der Waals surface area contributed by atoms with Crippen LogP contribution < -0.4 is 0 Å². The molecule has 0 radical (unpaired) electrons. The van der Waals surface area contributed by atoms with E-state index in [-0.39, 0.29) is 0 Å². The lowest BCUT2D eigenvalue weighted by Gasteiger charge is -2.15. The van der Waals surface area contributed by atoms with Crippen molar-refractivity contribution in [1.82, 2.24) is 19.5 Å². The molecule has 0 unspecified atom stereocenters. The third kappa shape index (κ3) is 5.32. The van der Waals surface area contributed by atoms with Gasteiger partial charge < -0.3 is 4.57 Å². The fourth-order valence-electron chi connectivity index (χ4n) is 8.12. The van der Waals surface area contributed by atoms with Crippen LogP contribution in [0.15, 0.2) is 194 Å². The minimum atomic E-state index is 0.624. The molecule has 11 aromatic rings. The Labute approximate surface area is 327 Å². The van der Waals surface area contributed by atoms with Crippen molar-refractivity contribution in [2.24, 2.45) is 0 Å². The molecule has 0 aliphatic rings. The zero-order valence-corrected chi connectivity index (χ0v) is 31.0. The molecular weight excluding hydrogens is 701 g/mol. The predicted octanol–water partition coefficient (Wildman–Crippen LogP) is 13.7. The number of para-hydroxylation sites is 2. The second kappa shape index (κ2) is 13.3. The van der Waals surface area contributed by atoms with Crippen LogP contribution in [0.2, 0.25) is 0 Å². The molecule has 3 aromatic heterocycles. The maximum Gasteiger partial charge on any atom is 0.166 e. The number of nitrogens with zero attached hydrogens (tertiary/aromatic N) is 4. The molecule has 0 bridgehead atoms. The Morgan fingerprint density at radius 1 is 0.357 bits per heavy atom. The van der Waals surface area contributed by atoms with E-state index in [0.29, 0.717) is 17.5 Å². The number of hydrogen-bond donors (Lipinski definition) is 0. The summed E-state index contributed by atoms with van der Waals surface area (Å²) in [5, 5.41) is 4.85. The lowest BCUT2D eigenvalue weighted by Crippen LogP contribution is -2.03. The third-order valence-corrected chi connectivity index (χ3v) is 11.9. The van der Waals surface area contributed by atoms with Crippen molar-refractivity contribution in [2.45, 2.75) is 0 Å². The lowest BCUT2D eigenvalue weighted by molar-refractivity contribution is 1.07. The van der Waals surface area contributed by atoms with E-state index in [1.807, 2.05) is 18.2 Å². The Kier molecular flexibility index (Phi) is 7.64. The third-order valence-electron chi connectivity index (χ3n) is 10.7. The van der Waals surface area contributed by atoms with Crippen molar-refractivity contribution in [2.75, 3.05) is 0 Å². The van der Waals surface area contributed by atoms with E-state index in [4.69, 9.17) is 15.0 Å². The van der Waals surface area contributed by atoms with Gasteiger partial charge in [0.1, 0.15) is 0 Å². The van der Waals surface area contributed by atoms with Gasteiger partial charge in [0.05, 0.1) is 16.7 Å². The maximum atomic E-state index is 5.36. The molecule has 3 heterocycles. The van der Waals surface area contributed by atoms with Gasteiger partial charge in [-0.1, -0.05) is 152 Å². The summed E-state index contributed by atoms with van der Waals surface area (Å²) in [6.45, 7) is 0. The molecule has 56 heavy (non-hydrogen) atoms. The summed E-state index contributed by atoms with van der Waals surface area (Å²) in [5.74, 6) is 1.91. The summed E-state index contributed by atoms with van der Waals surface area (Å²) in [6.07, 6.45) is 0. The maximum absolute atomic E-state index is 5.36. The van der Waals surface area contributed by atoms with Crippen LogP contribution >= 0.6 is 11.3 Å². The van der Waals surface area contributed by atoms with Crippen LogP contribution in [0.3, 0.4) is 0 Å². The highest BCUT2D eigenvalue weighted by Gasteiger charge is 2.21. The van der Waals surface area contributed by atoms with Gasteiger partial charge in [0.2, 0.25) is 0 Å². The summed E-state index contributed by atoms with van der Waals surface area (Å²) >= 11 is 1.79. The Morgan fingerprint density at radius 2 is 0.929 bits per heavy atom. The van der Waals surface area contributed by atoms with Gasteiger partial charge in [-0.15, -0.1) is 11.3 Å². The average Bonchev–Trinajstić information content (AvgIpc) is 3.83. The minimum absolute atomic E-state index is 0.624. The number of aromatic nitrogens is 4. The van der Waals surface area contributed by atoms with Crippen molar-refractivity contribution in [3.05, 3.63) is 194 Å². The van der Waals surface area contributed by atoms with Crippen LogP contribution in [0.25, 0.3) is 104 Å². The molecule has 0 aliphatic heterocycles. The lowest BCUT2D eigenvalue weighted by atomic mass is 9.99. The normalized spacial score (nSPS) is 11.6. The summed E-state index contributed by atoms with van der Waals surface area (Å²) < 4.78 is 4.75. The van der Waals surface area contributed by atoms with Gasteiger partial charge in [0.15, 0.2) is 17.5 Å². The van der Waals surface area contributed by atoms with Crippen molar-refractivity contribution in [1.29, 1.82) is 0 Å². The standard InChI is InChI=1S/C51H32N4S/c1-4-16-33(17-5-1)36-30-31-45-42(32-36)38-22-10-12-27-43(38)55(45)44-28-13-11-23-39(44)50-52-49(35-20-8-3-9-21-35)53-51(54-50)41-26-14-25-40-47-37(34-18-6-2-7-19-34)24-15-29-46(47)56-48(40)41/h1-32H. The van der Waals surface area contributed by atoms with E-state index in [1.165, 1.54) is 48.5 Å². The van der Waals surface area contributed by atoms with Gasteiger partial charge in [-0.05, 0) is 64.7 Å². The monoisotopic (exact) mass is 732 g/mol. The molecule has 0 aliphatic carbocycles. The van der Waals surface area contributed by atoms with E-state index in [2.05, 4.69) is 180 Å². The van der Waals surface area contributed by atoms with Crippen molar-refractivity contribution in [3.63, 3.8) is 0 Å². The zero-order valence-electron chi connectivity index (χ0n) is 30.2. The van der Waals surface area contributed by atoms with E-state index < -0.39 is 0 Å². The van der Waals surface area contributed by atoms with Crippen molar-refractivity contribution < 1.29 is 0 Å². The Morgan fingerprint density at radius 3 is 1.73 bits per heavy atom. The average molecular weight is 733 g/mol. The second-order valence-corrected chi connectivity index (χ2v) is 15.0. The minimum Gasteiger partial charge on any atom is -0.309 e. The van der Waals surface area contributed by atoms with Gasteiger partial charge in [-0.25, -0.2) is 15.0 Å². The fraction of sp³-hybridized carbons (Fsp3) is 0. The molecule has 5 heteroatoms. The fourth-order valence-corrected chi connectivity index (χ4v) is 9.35. The highest BCUT2D eigenvalue weighted by atomic mass is 32.1. The molecule has 0 atom stereocenters. The molecule has 0 saturated heterocycles. The smallest absolute Gasteiger partial charge is 0.166 e. The van der Waals surface area contributed by atoms with E-state index >= 15 is 0 Å². The van der Waals surface area contributed by atoms with E-state index in [0.717, 1.165) is 38.1 Å². The molecule has 11 rings (SSSR count). The quantitative estimate of drug-likeness (QED) is 0.171. The Balaban J connectivity index is 1.14. The second-order valence-electron chi connectivity index (χ2n) is 14.0. The number of benzene rings is 8. The Bertz CT molecular complexity index is 3240. The van der Waals surface area contributed by atoms with E-state index in [1.54, 1.807) is 11.3 Å². The number of fused-ring (bicyclic) bond motifs is 6. The van der Waals surface area contributed by atoms with Crippen molar-refractivity contribution in [3.8, 4) is 62.1 Å². The highest BCUT2D eigenvalue weighted by molar-refractivity contribution is 7.26. The Hall–Kier alpha value is -7.21. The first-order valence-electron chi connectivity index (χ1n) is 18.8. The largest absolute Gasteiger partial charge is 0.309 e. The first-order valence-corrected chi connectivity index (χ1v) is 19.6. The number of hydrogen-bond acceptors (Lipinski definition) is 4. The van der Waals surface area contributed by atoms with Crippen LogP contribution in [-0.4, -0.2) is 19.5 Å². The molecule has 0 spiro atoms. The topological polar surface area (TPSA) is 43.6 Å². The molecule has 0 amide bonds. The van der Waals surface area contributed by atoms with Gasteiger partial charge in [-0.2, -0.15) is 0 Å². The number of rotatable bonds is 6. The summed E-state index contributed by atoms with van der Waals surface area (Å²) in [7, 11) is 0. The zero-order chi connectivity index (χ0) is 37.0. The first kappa shape index (κ1) is 32.2. The molecule has 0 saturated carbocycles. The van der Waals surface area contributed by atoms with Gasteiger partial charge in [-0.3, -0.25) is 0 Å². The summed E-state index contributed by atoms with van der Waals surface area (Å²) in [4.78, 5) is 15.8. The van der Waals surface area contributed by atoms with Gasteiger partial charge in [0.25, 0.3) is 0 Å². The highest BCUT2D eigenvalue weighted by Crippen LogP contribution is 2.44. The molecular formula is C51H32N4S. The van der Waals surface area contributed by atoms with Gasteiger partial charge >= 0.3 is 0 Å². The summed E-state index contributed by atoms with van der Waals surface area (Å²) in [5.41, 5.74) is 10.9. The van der Waals surface area contributed by atoms with Crippen LogP contribution in [-0.2, 0) is 0 Å². The molecule has 8 aromatic carbocycles. The van der Waals surface area contributed by atoms with Crippen LogP contribution in [0.5, 0.6) is 0 Å². The van der Waals surface area contributed by atoms with Crippen molar-refractivity contribution >= 4 is 53.3 Å². The van der Waals surface area contributed by atoms with Crippen LogP contribution in [0.1, 0.15) is 0 Å². The van der Waals surface area contributed by atoms with Gasteiger partial charge in [0, 0.05) is 47.6 Å². The molecule has 262 valence electrons. The van der Waals surface area contributed by atoms with Crippen LogP contribution in [0.4, 0.5) is 0 Å². The SMILES string of the molecule is c1ccc(-c2ccc3c(c2)c2ccccc2n3-c2ccccc2-c2nc(-c3ccccc3)nc(-c3cccc4c3sc3cccc(-c5ccccc5)c34)n2)cc1. The summed E-state index contributed by atoms with van der Waals surface area (Å²) in [6, 6.07) is 68.5. The molecule has 4 nitrogen and oxygen atoms in total.